The van der Waals surface area contributed by atoms with Crippen LogP contribution in [0.4, 0.5) is 0 Å². The zero-order valence-electron chi connectivity index (χ0n) is 18.6. The van der Waals surface area contributed by atoms with Gasteiger partial charge in [-0.05, 0) is 47.2 Å². The van der Waals surface area contributed by atoms with E-state index in [-0.39, 0.29) is 18.5 Å². The SMILES string of the molecule is NCC(=O)N[C@H](COc1cncc(-c2ccc3cnccc3c2)c1)Cc1c[nH]c2ccccc12. The molecule has 3 aromatic heterocycles. The predicted octanol–water partition coefficient (Wildman–Crippen LogP) is 3.84. The number of ether oxygens (including phenoxy) is 1. The molecule has 0 unspecified atom stereocenters. The van der Waals surface area contributed by atoms with E-state index in [4.69, 9.17) is 10.5 Å². The van der Waals surface area contributed by atoms with Crippen LogP contribution in [0.3, 0.4) is 0 Å². The first-order chi connectivity index (χ1) is 16.7. The molecule has 0 aliphatic carbocycles. The molecule has 3 heterocycles. The van der Waals surface area contributed by atoms with Crippen molar-refractivity contribution in [2.45, 2.75) is 12.5 Å². The highest BCUT2D eigenvalue weighted by molar-refractivity contribution is 5.86. The van der Waals surface area contributed by atoms with Gasteiger partial charge in [0.25, 0.3) is 0 Å². The van der Waals surface area contributed by atoms with E-state index in [1.807, 2.05) is 61.1 Å². The van der Waals surface area contributed by atoms with Gasteiger partial charge in [0.05, 0.1) is 18.8 Å². The number of fused-ring (bicyclic) bond motifs is 2. The molecule has 5 rings (SSSR count). The molecule has 0 bridgehead atoms. The number of aromatic amines is 1. The van der Waals surface area contributed by atoms with E-state index in [1.54, 1.807) is 12.4 Å². The maximum absolute atomic E-state index is 12.1. The summed E-state index contributed by atoms with van der Waals surface area (Å²) in [6, 6.07) is 18.0. The third kappa shape index (κ3) is 4.74. The number of hydrogen-bond donors (Lipinski definition) is 3. The summed E-state index contributed by atoms with van der Waals surface area (Å²) in [6.07, 6.45) is 9.72. The van der Waals surface area contributed by atoms with Gasteiger partial charge in [0, 0.05) is 46.6 Å². The zero-order chi connectivity index (χ0) is 23.3. The number of carbonyl (C=O) groups excluding carboxylic acids is 1. The van der Waals surface area contributed by atoms with E-state index in [1.165, 1.54) is 0 Å². The summed E-state index contributed by atoms with van der Waals surface area (Å²) >= 11 is 0. The van der Waals surface area contributed by atoms with Crippen molar-refractivity contribution in [3.05, 3.63) is 91.1 Å². The van der Waals surface area contributed by atoms with Crippen LogP contribution >= 0.6 is 0 Å². The van der Waals surface area contributed by atoms with Crippen molar-refractivity contribution in [2.75, 3.05) is 13.2 Å². The summed E-state index contributed by atoms with van der Waals surface area (Å²) in [6.45, 7) is 0.221. The number of pyridine rings is 2. The molecule has 0 saturated carbocycles. The Balaban J connectivity index is 1.33. The number of rotatable bonds is 8. The van der Waals surface area contributed by atoms with Gasteiger partial charge in [0.2, 0.25) is 5.91 Å². The van der Waals surface area contributed by atoms with Crippen LogP contribution in [0.15, 0.2) is 85.6 Å². The number of nitrogens with zero attached hydrogens (tertiary/aromatic N) is 2. The first-order valence-electron chi connectivity index (χ1n) is 11.2. The number of nitrogens with two attached hydrogens (primary N) is 1. The highest BCUT2D eigenvalue weighted by Crippen LogP contribution is 2.26. The summed E-state index contributed by atoms with van der Waals surface area (Å²) in [5.41, 5.74) is 9.71. The number of H-pyrrole nitrogens is 1. The molecule has 7 heteroatoms. The van der Waals surface area contributed by atoms with Gasteiger partial charge in [-0.25, -0.2) is 0 Å². The molecule has 0 aliphatic heterocycles. The van der Waals surface area contributed by atoms with Crippen molar-refractivity contribution >= 4 is 27.6 Å². The van der Waals surface area contributed by atoms with Gasteiger partial charge in [0.15, 0.2) is 0 Å². The molecule has 0 fully saturated rings. The minimum absolute atomic E-state index is 0.0705. The lowest BCUT2D eigenvalue weighted by Crippen LogP contribution is -2.43. The number of aromatic nitrogens is 3. The predicted molar refractivity (Wildman–Crippen MR) is 133 cm³/mol. The maximum atomic E-state index is 12.1. The Bertz CT molecular complexity index is 1450. The number of carbonyl (C=O) groups is 1. The minimum atomic E-state index is -0.243. The first kappa shape index (κ1) is 21.6. The maximum Gasteiger partial charge on any atom is 0.234 e. The highest BCUT2D eigenvalue weighted by atomic mass is 16.5. The second-order valence-electron chi connectivity index (χ2n) is 8.19. The molecular formula is C27H25N5O2. The van der Waals surface area contributed by atoms with E-state index in [0.717, 1.165) is 38.4 Å². The Hall–Kier alpha value is -4.23. The number of benzene rings is 2. The second kappa shape index (κ2) is 9.72. The molecule has 34 heavy (non-hydrogen) atoms. The van der Waals surface area contributed by atoms with Gasteiger partial charge in [-0.3, -0.25) is 14.8 Å². The van der Waals surface area contributed by atoms with Gasteiger partial charge in [-0.1, -0.05) is 30.3 Å². The van der Waals surface area contributed by atoms with Crippen LogP contribution in [-0.4, -0.2) is 40.1 Å². The van der Waals surface area contributed by atoms with Crippen LogP contribution in [0.1, 0.15) is 5.56 Å². The molecule has 4 N–H and O–H groups in total. The Morgan fingerprint density at radius 1 is 1.00 bits per heavy atom. The van der Waals surface area contributed by atoms with Crippen LogP contribution < -0.4 is 15.8 Å². The van der Waals surface area contributed by atoms with Crippen molar-refractivity contribution < 1.29 is 9.53 Å². The van der Waals surface area contributed by atoms with Crippen LogP contribution in [0, 0.1) is 0 Å². The quantitative estimate of drug-likeness (QED) is 0.332. The second-order valence-corrected chi connectivity index (χ2v) is 8.19. The summed E-state index contributed by atoms with van der Waals surface area (Å²) in [4.78, 5) is 23.9. The van der Waals surface area contributed by atoms with E-state index >= 15 is 0 Å². The normalized spacial score (nSPS) is 12.0. The van der Waals surface area contributed by atoms with Crippen LogP contribution in [0.2, 0.25) is 0 Å². The lowest BCUT2D eigenvalue weighted by atomic mass is 10.0. The average molecular weight is 452 g/mol. The molecule has 1 amide bonds. The van der Waals surface area contributed by atoms with Crippen molar-refractivity contribution in [3.8, 4) is 16.9 Å². The fourth-order valence-corrected chi connectivity index (χ4v) is 4.12. The fourth-order valence-electron chi connectivity index (χ4n) is 4.12. The number of para-hydroxylation sites is 1. The molecule has 0 aliphatic rings. The van der Waals surface area contributed by atoms with Gasteiger partial charge >= 0.3 is 0 Å². The summed E-state index contributed by atoms with van der Waals surface area (Å²) in [5.74, 6) is 0.421. The zero-order valence-corrected chi connectivity index (χ0v) is 18.6. The van der Waals surface area contributed by atoms with Crippen molar-refractivity contribution in [3.63, 3.8) is 0 Å². The fraction of sp³-hybridized carbons (Fsp3) is 0.148. The van der Waals surface area contributed by atoms with Gasteiger partial charge in [0.1, 0.15) is 12.4 Å². The molecule has 0 saturated heterocycles. The largest absolute Gasteiger partial charge is 0.490 e. The standard InChI is InChI=1S/C27H25N5O2/c28-12-27(33)32-23(10-22-15-31-26-4-2-1-3-25(22)26)17-34-24-11-21(14-30-16-24)18-5-6-20-13-29-8-7-19(20)9-18/h1-9,11,13-16,23,31H,10,12,17,28H2,(H,32,33)/t23-/m0/s1. The minimum Gasteiger partial charge on any atom is -0.490 e. The third-order valence-electron chi connectivity index (χ3n) is 5.83. The summed E-state index contributed by atoms with van der Waals surface area (Å²) < 4.78 is 6.09. The number of nitrogens with one attached hydrogen (secondary N) is 2. The highest BCUT2D eigenvalue weighted by Gasteiger charge is 2.16. The van der Waals surface area contributed by atoms with Gasteiger partial charge in [-0.2, -0.15) is 0 Å². The number of hydrogen-bond acceptors (Lipinski definition) is 5. The summed E-state index contributed by atoms with van der Waals surface area (Å²) in [5, 5.41) is 6.31. The molecule has 0 spiro atoms. The Kier molecular flexibility index (Phi) is 6.18. The molecular weight excluding hydrogens is 426 g/mol. The van der Waals surface area contributed by atoms with E-state index in [2.05, 4.69) is 32.4 Å². The van der Waals surface area contributed by atoms with Crippen molar-refractivity contribution in [1.29, 1.82) is 0 Å². The van der Waals surface area contributed by atoms with Crippen LogP contribution in [-0.2, 0) is 11.2 Å². The topological polar surface area (TPSA) is 106 Å². The lowest BCUT2D eigenvalue weighted by Gasteiger charge is -2.19. The number of amides is 1. The molecule has 2 aromatic carbocycles. The average Bonchev–Trinajstić information content (AvgIpc) is 3.29. The van der Waals surface area contributed by atoms with Crippen LogP contribution in [0.25, 0.3) is 32.8 Å². The monoisotopic (exact) mass is 451 g/mol. The summed E-state index contributed by atoms with van der Waals surface area (Å²) in [7, 11) is 0. The Morgan fingerprint density at radius 2 is 1.91 bits per heavy atom. The lowest BCUT2D eigenvalue weighted by molar-refractivity contribution is -0.120. The molecule has 1 atom stereocenters. The molecule has 170 valence electrons. The Labute approximate surface area is 197 Å². The van der Waals surface area contributed by atoms with E-state index in [0.29, 0.717) is 18.8 Å². The molecule has 7 nitrogen and oxygen atoms in total. The van der Waals surface area contributed by atoms with Crippen molar-refractivity contribution in [1.82, 2.24) is 20.3 Å². The van der Waals surface area contributed by atoms with Gasteiger partial charge in [-0.15, -0.1) is 0 Å². The van der Waals surface area contributed by atoms with Gasteiger partial charge < -0.3 is 20.8 Å². The molecule has 0 radical (unpaired) electrons. The van der Waals surface area contributed by atoms with Crippen LogP contribution in [0.5, 0.6) is 5.75 Å². The van der Waals surface area contributed by atoms with E-state index < -0.39 is 0 Å². The smallest absolute Gasteiger partial charge is 0.234 e. The van der Waals surface area contributed by atoms with E-state index in [9.17, 15) is 4.79 Å². The first-order valence-corrected chi connectivity index (χ1v) is 11.2. The van der Waals surface area contributed by atoms with Crippen molar-refractivity contribution in [2.24, 2.45) is 5.73 Å². The molecule has 5 aromatic rings. The Morgan fingerprint density at radius 3 is 2.82 bits per heavy atom. The third-order valence-corrected chi connectivity index (χ3v) is 5.83.